The van der Waals surface area contributed by atoms with Crippen molar-refractivity contribution in [2.75, 3.05) is 13.1 Å². The Hall–Kier alpha value is -1.55. The summed E-state index contributed by atoms with van der Waals surface area (Å²) in [4.78, 5) is 11.7. The fraction of sp³-hybridized carbons (Fsp3) is 0.562. The van der Waals surface area contributed by atoms with E-state index in [0.29, 0.717) is 12.6 Å². The molecule has 1 aromatic rings. The normalized spacial score (nSPS) is 13.7. The molecule has 0 aliphatic carbocycles. The number of carbonyl (C=O) groups is 1. The minimum atomic E-state index is -0.481. The molecule has 0 spiro atoms. The van der Waals surface area contributed by atoms with E-state index in [4.69, 9.17) is 4.74 Å². The van der Waals surface area contributed by atoms with E-state index in [9.17, 15) is 4.79 Å². The van der Waals surface area contributed by atoms with Gasteiger partial charge in [0.05, 0.1) is 0 Å². The summed E-state index contributed by atoms with van der Waals surface area (Å²) >= 11 is 0. The van der Waals surface area contributed by atoms with Crippen molar-refractivity contribution in [1.82, 2.24) is 10.6 Å². The third kappa shape index (κ3) is 4.53. The Morgan fingerprint density at radius 1 is 1.25 bits per heavy atom. The SMILES string of the molecule is CCNC(=O)C(C)Oc1ccc(C(C)NCC)cc1C. The quantitative estimate of drug-likeness (QED) is 0.806. The molecular formula is C16H26N2O2. The monoisotopic (exact) mass is 278 g/mol. The summed E-state index contributed by atoms with van der Waals surface area (Å²) in [7, 11) is 0. The summed E-state index contributed by atoms with van der Waals surface area (Å²) in [6, 6.07) is 6.40. The number of rotatable bonds is 7. The molecule has 1 rings (SSSR count). The fourth-order valence-corrected chi connectivity index (χ4v) is 2.06. The standard InChI is InChI=1S/C16H26N2O2/c1-6-17-12(4)14-8-9-15(11(3)10-14)20-13(5)16(19)18-7-2/h8-10,12-13,17H,6-7H2,1-5H3,(H,18,19). The Kier molecular flexibility index (Phi) is 6.52. The first-order valence-electron chi connectivity index (χ1n) is 7.27. The van der Waals surface area contributed by atoms with Gasteiger partial charge in [-0.15, -0.1) is 0 Å². The molecule has 0 fully saturated rings. The van der Waals surface area contributed by atoms with Crippen molar-refractivity contribution in [3.63, 3.8) is 0 Å². The summed E-state index contributed by atoms with van der Waals surface area (Å²) in [5, 5.41) is 6.14. The van der Waals surface area contributed by atoms with Crippen molar-refractivity contribution in [3.05, 3.63) is 29.3 Å². The molecule has 0 aliphatic heterocycles. The van der Waals surface area contributed by atoms with Crippen LogP contribution in [-0.2, 0) is 4.79 Å². The molecule has 0 radical (unpaired) electrons. The molecule has 0 aliphatic rings. The van der Waals surface area contributed by atoms with Gasteiger partial charge in [0.1, 0.15) is 5.75 Å². The first-order valence-corrected chi connectivity index (χ1v) is 7.27. The maximum Gasteiger partial charge on any atom is 0.260 e. The van der Waals surface area contributed by atoms with E-state index in [1.54, 1.807) is 6.92 Å². The van der Waals surface area contributed by atoms with E-state index in [1.165, 1.54) is 5.56 Å². The number of ether oxygens (including phenoxy) is 1. The van der Waals surface area contributed by atoms with Crippen LogP contribution in [0.1, 0.15) is 44.9 Å². The molecule has 1 aromatic carbocycles. The summed E-state index contributed by atoms with van der Waals surface area (Å²) in [6.45, 7) is 11.4. The van der Waals surface area contributed by atoms with Crippen LogP contribution in [0.5, 0.6) is 5.75 Å². The summed E-state index contributed by atoms with van der Waals surface area (Å²) in [5.41, 5.74) is 2.27. The van der Waals surface area contributed by atoms with Gasteiger partial charge in [0, 0.05) is 12.6 Å². The minimum Gasteiger partial charge on any atom is -0.481 e. The minimum absolute atomic E-state index is 0.0861. The zero-order chi connectivity index (χ0) is 15.1. The van der Waals surface area contributed by atoms with Gasteiger partial charge in [-0.05, 0) is 51.4 Å². The van der Waals surface area contributed by atoms with Gasteiger partial charge in [-0.2, -0.15) is 0 Å². The van der Waals surface area contributed by atoms with Crippen molar-refractivity contribution in [1.29, 1.82) is 0 Å². The molecule has 2 atom stereocenters. The molecule has 1 amide bonds. The van der Waals surface area contributed by atoms with E-state index >= 15 is 0 Å². The number of hydrogen-bond acceptors (Lipinski definition) is 3. The van der Waals surface area contributed by atoms with Gasteiger partial charge in [0.25, 0.3) is 5.91 Å². The van der Waals surface area contributed by atoms with Crippen LogP contribution in [0.3, 0.4) is 0 Å². The number of likely N-dealkylation sites (N-methyl/N-ethyl adjacent to an activating group) is 1. The zero-order valence-corrected chi connectivity index (χ0v) is 13.1. The van der Waals surface area contributed by atoms with Crippen molar-refractivity contribution in [2.45, 2.75) is 46.8 Å². The highest BCUT2D eigenvalue weighted by Crippen LogP contribution is 2.23. The molecule has 112 valence electrons. The van der Waals surface area contributed by atoms with Gasteiger partial charge < -0.3 is 15.4 Å². The third-order valence-corrected chi connectivity index (χ3v) is 3.23. The van der Waals surface area contributed by atoms with E-state index in [-0.39, 0.29) is 5.91 Å². The first kappa shape index (κ1) is 16.5. The lowest BCUT2D eigenvalue weighted by Crippen LogP contribution is -2.36. The zero-order valence-electron chi connectivity index (χ0n) is 13.1. The van der Waals surface area contributed by atoms with Crippen molar-refractivity contribution in [3.8, 4) is 5.75 Å². The van der Waals surface area contributed by atoms with E-state index in [1.807, 2.05) is 26.0 Å². The fourth-order valence-electron chi connectivity index (χ4n) is 2.06. The van der Waals surface area contributed by atoms with Crippen molar-refractivity contribution < 1.29 is 9.53 Å². The van der Waals surface area contributed by atoms with Crippen molar-refractivity contribution >= 4 is 5.91 Å². The molecule has 4 nitrogen and oxygen atoms in total. The average molecular weight is 278 g/mol. The molecule has 4 heteroatoms. The molecule has 2 N–H and O–H groups in total. The lowest BCUT2D eigenvalue weighted by molar-refractivity contribution is -0.127. The van der Waals surface area contributed by atoms with Crippen LogP contribution in [-0.4, -0.2) is 25.1 Å². The molecule has 0 saturated carbocycles. The summed E-state index contributed by atoms with van der Waals surface area (Å²) < 4.78 is 5.72. The molecule has 2 unspecified atom stereocenters. The predicted molar refractivity (Wildman–Crippen MR) is 82.0 cm³/mol. The average Bonchev–Trinajstić information content (AvgIpc) is 2.41. The maximum absolute atomic E-state index is 11.7. The van der Waals surface area contributed by atoms with Gasteiger partial charge in [-0.3, -0.25) is 4.79 Å². The number of nitrogens with one attached hydrogen (secondary N) is 2. The number of carbonyl (C=O) groups excluding carboxylic acids is 1. The largest absolute Gasteiger partial charge is 0.481 e. The van der Waals surface area contributed by atoms with Crippen LogP contribution in [0.25, 0.3) is 0 Å². The van der Waals surface area contributed by atoms with Gasteiger partial charge in [0.2, 0.25) is 0 Å². The smallest absolute Gasteiger partial charge is 0.260 e. The van der Waals surface area contributed by atoms with E-state index < -0.39 is 6.10 Å². The van der Waals surface area contributed by atoms with E-state index in [0.717, 1.165) is 17.9 Å². The molecule has 0 heterocycles. The second kappa shape index (κ2) is 7.90. The van der Waals surface area contributed by atoms with Crippen LogP contribution < -0.4 is 15.4 Å². The van der Waals surface area contributed by atoms with Crippen LogP contribution in [0.2, 0.25) is 0 Å². The van der Waals surface area contributed by atoms with Crippen LogP contribution in [0.4, 0.5) is 0 Å². The Balaban J connectivity index is 2.75. The predicted octanol–water partition coefficient (Wildman–Crippen LogP) is 2.57. The van der Waals surface area contributed by atoms with Gasteiger partial charge >= 0.3 is 0 Å². The highest BCUT2D eigenvalue weighted by Gasteiger charge is 2.15. The second-order valence-electron chi connectivity index (χ2n) is 4.96. The number of hydrogen-bond donors (Lipinski definition) is 2. The van der Waals surface area contributed by atoms with Crippen LogP contribution in [0, 0.1) is 6.92 Å². The number of aryl methyl sites for hydroxylation is 1. The van der Waals surface area contributed by atoms with Crippen molar-refractivity contribution in [2.24, 2.45) is 0 Å². The molecule has 20 heavy (non-hydrogen) atoms. The Morgan fingerprint density at radius 2 is 1.95 bits per heavy atom. The Morgan fingerprint density at radius 3 is 2.50 bits per heavy atom. The Bertz CT molecular complexity index is 446. The molecule has 0 saturated heterocycles. The first-order chi connectivity index (χ1) is 9.49. The molecular weight excluding hydrogens is 252 g/mol. The second-order valence-corrected chi connectivity index (χ2v) is 4.96. The lowest BCUT2D eigenvalue weighted by atomic mass is 10.0. The summed E-state index contributed by atoms with van der Waals surface area (Å²) in [6.07, 6.45) is -0.481. The Labute approximate surface area is 121 Å². The van der Waals surface area contributed by atoms with Gasteiger partial charge in [0.15, 0.2) is 6.10 Å². The molecule has 0 bridgehead atoms. The summed E-state index contributed by atoms with van der Waals surface area (Å²) in [5.74, 6) is 0.674. The third-order valence-electron chi connectivity index (χ3n) is 3.23. The molecule has 0 aromatic heterocycles. The highest BCUT2D eigenvalue weighted by atomic mass is 16.5. The van der Waals surface area contributed by atoms with Gasteiger partial charge in [-0.1, -0.05) is 19.1 Å². The maximum atomic E-state index is 11.7. The van der Waals surface area contributed by atoms with E-state index in [2.05, 4.69) is 30.5 Å². The van der Waals surface area contributed by atoms with Crippen LogP contribution in [0.15, 0.2) is 18.2 Å². The van der Waals surface area contributed by atoms with Crippen LogP contribution >= 0.6 is 0 Å². The highest BCUT2D eigenvalue weighted by molar-refractivity contribution is 5.80. The number of benzene rings is 1. The lowest BCUT2D eigenvalue weighted by Gasteiger charge is -2.18. The number of amides is 1. The van der Waals surface area contributed by atoms with Gasteiger partial charge in [-0.25, -0.2) is 0 Å². The topological polar surface area (TPSA) is 50.4 Å².